The van der Waals surface area contributed by atoms with Gasteiger partial charge in [-0.25, -0.2) is 4.39 Å². The van der Waals surface area contributed by atoms with E-state index in [4.69, 9.17) is 4.74 Å². The van der Waals surface area contributed by atoms with Gasteiger partial charge in [0.2, 0.25) is 0 Å². The first-order valence-electron chi connectivity index (χ1n) is 10.5. The van der Waals surface area contributed by atoms with E-state index in [1.807, 2.05) is 25.9 Å². The second-order valence-corrected chi connectivity index (χ2v) is 8.34. The number of aliphatic hydroxyl groups excluding tert-OH is 1. The third-order valence-corrected chi connectivity index (χ3v) is 5.73. The van der Waals surface area contributed by atoms with Crippen molar-refractivity contribution in [2.75, 3.05) is 34.3 Å². The monoisotopic (exact) mass is 440 g/mol. The van der Waals surface area contributed by atoms with Crippen LogP contribution in [0.1, 0.15) is 34.7 Å². The Morgan fingerprint density at radius 3 is 2.38 bits per heavy atom. The zero-order chi connectivity index (χ0) is 23.6. The average Bonchev–Trinajstić information content (AvgIpc) is 3.00. The van der Waals surface area contributed by atoms with Gasteiger partial charge in [-0.3, -0.25) is 9.59 Å². The normalized spacial score (nSPS) is 18.0. The number of carbonyl (C=O) groups excluding carboxylic acids is 2. The van der Waals surface area contributed by atoms with Gasteiger partial charge in [-0.05, 0) is 81.9 Å². The molecule has 0 aromatic heterocycles. The molecule has 3 rings (SSSR count). The van der Waals surface area contributed by atoms with Crippen LogP contribution in [0.5, 0.6) is 5.75 Å². The number of aliphatic hydroxyl groups is 1. The van der Waals surface area contributed by atoms with Gasteiger partial charge >= 0.3 is 0 Å². The molecule has 2 aromatic carbocycles. The average molecular weight is 441 g/mol. The molecule has 170 valence electrons. The molecule has 1 aliphatic rings. The van der Waals surface area contributed by atoms with Gasteiger partial charge in [-0.15, -0.1) is 0 Å². The van der Waals surface area contributed by atoms with Crippen molar-refractivity contribution < 1.29 is 23.8 Å². The molecule has 0 bridgehead atoms. The molecule has 0 aliphatic carbocycles. The van der Waals surface area contributed by atoms with Crippen LogP contribution in [0.3, 0.4) is 0 Å². The molecule has 0 radical (unpaired) electrons. The van der Waals surface area contributed by atoms with Crippen molar-refractivity contribution >= 4 is 17.4 Å². The van der Waals surface area contributed by atoms with Crippen LogP contribution >= 0.6 is 0 Å². The molecule has 7 heteroatoms. The highest BCUT2D eigenvalue weighted by molar-refractivity contribution is 6.46. The SMILES string of the molecule is COc1cc(C)c(/C(O)=C2\C(=O)C(=O)N(CCCN(C)C)C2c2ccc(F)cc2)cc1C. The number of aryl methyl sites for hydroxylation is 2. The summed E-state index contributed by atoms with van der Waals surface area (Å²) in [5.74, 6) is -1.40. The van der Waals surface area contributed by atoms with Crippen LogP contribution in [0.25, 0.3) is 5.76 Å². The number of rotatable bonds is 7. The summed E-state index contributed by atoms with van der Waals surface area (Å²) in [7, 11) is 5.43. The Balaban J connectivity index is 2.15. The van der Waals surface area contributed by atoms with E-state index in [-0.39, 0.29) is 11.3 Å². The van der Waals surface area contributed by atoms with E-state index < -0.39 is 23.5 Å². The Kier molecular flexibility index (Phi) is 6.99. The summed E-state index contributed by atoms with van der Waals surface area (Å²) in [6.07, 6.45) is 0.651. The van der Waals surface area contributed by atoms with Crippen molar-refractivity contribution in [1.82, 2.24) is 9.80 Å². The third-order valence-electron chi connectivity index (χ3n) is 5.73. The van der Waals surface area contributed by atoms with E-state index in [2.05, 4.69) is 0 Å². The number of likely N-dealkylation sites (tertiary alicyclic amines) is 1. The highest BCUT2D eigenvalue weighted by Crippen LogP contribution is 2.40. The summed E-state index contributed by atoms with van der Waals surface area (Å²) in [5.41, 5.74) is 2.54. The van der Waals surface area contributed by atoms with Gasteiger partial charge < -0.3 is 19.6 Å². The number of hydrogen-bond acceptors (Lipinski definition) is 5. The largest absolute Gasteiger partial charge is 0.507 e. The minimum atomic E-state index is -0.792. The quantitative estimate of drug-likeness (QED) is 0.403. The van der Waals surface area contributed by atoms with E-state index in [9.17, 15) is 19.1 Å². The molecule has 1 saturated heterocycles. The fraction of sp³-hybridized carbons (Fsp3) is 0.360. The van der Waals surface area contributed by atoms with E-state index in [1.54, 1.807) is 38.3 Å². The van der Waals surface area contributed by atoms with Gasteiger partial charge in [-0.1, -0.05) is 12.1 Å². The molecule has 0 spiro atoms. The summed E-state index contributed by atoms with van der Waals surface area (Å²) < 4.78 is 18.9. The molecule has 1 heterocycles. The van der Waals surface area contributed by atoms with E-state index in [0.717, 1.165) is 12.1 Å². The summed E-state index contributed by atoms with van der Waals surface area (Å²) in [6.45, 7) is 4.71. The standard InChI is InChI=1S/C25H29FN2O4/c1-15-14-20(32-5)16(2)13-19(15)23(29)21-22(17-7-9-18(26)10-8-17)28(25(31)24(21)30)12-6-11-27(3)4/h7-10,13-14,22,29H,6,11-12H2,1-5H3/b23-21+. The van der Waals surface area contributed by atoms with Crippen LogP contribution in [0.15, 0.2) is 42.0 Å². The van der Waals surface area contributed by atoms with Crippen molar-refractivity contribution in [3.8, 4) is 5.75 Å². The Labute approximate surface area is 187 Å². The van der Waals surface area contributed by atoms with Crippen molar-refractivity contribution in [3.63, 3.8) is 0 Å². The summed E-state index contributed by atoms with van der Waals surface area (Å²) in [5, 5.41) is 11.3. The number of Topliss-reactive ketones (excluding diaryl/α,β-unsaturated/α-hetero) is 1. The van der Waals surface area contributed by atoms with Gasteiger partial charge in [0.05, 0.1) is 18.7 Å². The number of nitrogens with zero attached hydrogens (tertiary/aromatic N) is 2. The maximum absolute atomic E-state index is 13.6. The van der Waals surface area contributed by atoms with Crippen LogP contribution in [0.4, 0.5) is 4.39 Å². The zero-order valence-electron chi connectivity index (χ0n) is 19.1. The number of ketones is 1. The minimum absolute atomic E-state index is 0.0131. The van der Waals surface area contributed by atoms with Crippen LogP contribution < -0.4 is 4.74 Å². The molecule has 2 aromatic rings. The predicted octanol–water partition coefficient (Wildman–Crippen LogP) is 3.82. The predicted molar refractivity (Wildman–Crippen MR) is 121 cm³/mol. The fourth-order valence-corrected chi connectivity index (χ4v) is 4.07. The topological polar surface area (TPSA) is 70.1 Å². The molecular weight excluding hydrogens is 411 g/mol. The lowest BCUT2D eigenvalue weighted by molar-refractivity contribution is -0.139. The van der Waals surface area contributed by atoms with Crippen molar-refractivity contribution in [2.45, 2.75) is 26.3 Å². The summed E-state index contributed by atoms with van der Waals surface area (Å²) >= 11 is 0. The van der Waals surface area contributed by atoms with Gasteiger partial charge in [0, 0.05) is 12.1 Å². The number of halogens is 1. The second kappa shape index (κ2) is 9.53. The first-order chi connectivity index (χ1) is 15.1. The molecule has 1 atom stereocenters. The number of benzene rings is 2. The van der Waals surface area contributed by atoms with E-state index >= 15 is 0 Å². The van der Waals surface area contributed by atoms with Crippen molar-refractivity contribution in [3.05, 3.63) is 70.0 Å². The smallest absolute Gasteiger partial charge is 0.295 e. The molecule has 1 fully saturated rings. The minimum Gasteiger partial charge on any atom is -0.507 e. The molecule has 1 unspecified atom stereocenters. The van der Waals surface area contributed by atoms with Gasteiger partial charge in [0.15, 0.2) is 0 Å². The van der Waals surface area contributed by atoms with Gasteiger partial charge in [0.1, 0.15) is 17.3 Å². The maximum atomic E-state index is 13.6. The molecule has 1 N–H and O–H groups in total. The second-order valence-electron chi connectivity index (χ2n) is 8.34. The lowest BCUT2D eigenvalue weighted by Crippen LogP contribution is -2.32. The van der Waals surface area contributed by atoms with Crippen LogP contribution in [0.2, 0.25) is 0 Å². The zero-order valence-corrected chi connectivity index (χ0v) is 19.1. The lowest BCUT2D eigenvalue weighted by Gasteiger charge is -2.26. The van der Waals surface area contributed by atoms with Crippen molar-refractivity contribution in [2.24, 2.45) is 0 Å². The maximum Gasteiger partial charge on any atom is 0.295 e. The molecule has 6 nitrogen and oxygen atoms in total. The van der Waals surface area contributed by atoms with E-state index in [1.165, 1.54) is 17.0 Å². The van der Waals surface area contributed by atoms with Crippen molar-refractivity contribution in [1.29, 1.82) is 0 Å². The first-order valence-corrected chi connectivity index (χ1v) is 10.5. The Hall–Kier alpha value is -3.19. The molecular formula is C25H29FN2O4. The van der Waals surface area contributed by atoms with Gasteiger partial charge in [-0.2, -0.15) is 0 Å². The lowest BCUT2D eigenvalue weighted by atomic mass is 9.93. The van der Waals surface area contributed by atoms with E-state index in [0.29, 0.717) is 35.4 Å². The fourth-order valence-electron chi connectivity index (χ4n) is 4.07. The highest BCUT2D eigenvalue weighted by atomic mass is 19.1. The van der Waals surface area contributed by atoms with Crippen LogP contribution in [0, 0.1) is 19.7 Å². The third kappa shape index (κ3) is 4.53. The molecule has 1 amide bonds. The number of ether oxygens (including phenoxy) is 1. The Bertz CT molecular complexity index is 1060. The first kappa shape index (κ1) is 23.5. The number of methoxy groups -OCH3 is 1. The molecule has 0 saturated carbocycles. The summed E-state index contributed by atoms with van der Waals surface area (Å²) in [6, 6.07) is 8.40. The highest BCUT2D eigenvalue weighted by Gasteiger charge is 2.45. The Morgan fingerprint density at radius 1 is 1.12 bits per heavy atom. The number of amides is 1. The Morgan fingerprint density at radius 2 is 1.78 bits per heavy atom. The molecule has 32 heavy (non-hydrogen) atoms. The molecule has 1 aliphatic heterocycles. The summed E-state index contributed by atoms with van der Waals surface area (Å²) in [4.78, 5) is 29.5. The van der Waals surface area contributed by atoms with Crippen LogP contribution in [-0.4, -0.2) is 60.9 Å². The van der Waals surface area contributed by atoms with Gasteiger partial charge in [0.25, 0.3) is 11.7 Å². The number of carbonyl (C=O) groups is 2. The number of hydrogen-bond donors (Lipinski definition) is 1. The van der Waals surface area contributed by atoms with Crippen LogP contribution in [-0.2, 0) is 9.59 Å².